The number of urea groups is 1. The lowest BCUT2D eigenvalue weighted by molar-refractivity contribution is -0.143. The van der Waals surface area contributed by atoms with Gasteiger partial charge in [-0.3, -0.25) is 24.9 Å². The summed E-state index contributed by atoms with van der Waals surface area (Å²) in [5.41, 5.74) is 2.41. The summed E-state index contributed by atoms with van der Waals surface area (Å²) in [7, 11) is 0. The zero-order valence-corrected chi connectivity index (χ0v) is 18.7. The first-order valence-corrected chi connectivity index (χ1v) is 11.0. The Morgan fingerprint density at radius 2 is 1.42 bits per heavy atom. The first kappa shape index (κ1) is 22.3. The highest BCUT2D eigenvalue weighted by Crippen LogP contribution is 2.38. The Labute approximate surface area is 192 Å². The van der Waals surface area contributed by atoms with Crippen LogP contribution in [0.3, 0.4) is 0 Å². The molecule has 4 rings (SSSR count). The van der Waals surface area contributed by atoms with Gasteiger partial charge >= 0.3 is 6.03 Å². The average molecular weight is 443 g/mol. The normalized spacial score (nSPS) is 15.5. The topological polar surface area (TPSA) is 92.3 Å². The lowest BCUT2D eigenvalue weighted by Gasteiger charge is -2.40. The van der Waals surface area contributed by atoms with Crippen LogP contribution in [0.15, 0.2) is 67.0 Å². The summed E-state index contributed by atoms with van der Waals surface area (Å²) >= 11 is 0. The minimum Gasteiger partial charge on any atom is -0.276 e. The molecule has 4 amide bonds. The molecule has 3 aromatic rings. The van der Waals surface area contributed by atoms with Gasteiger partial charge < -0.3 is 0 Å². The molecule has 0 radical (unpaired) electrons. The summed E-state index contributed by atoms with van der Waals surface area (Å²) in [5, 5.41) is 2.45. The highest BCUT2D eigenvalue weighted by Gasteiger charge is 2.53. The van der Waals surface area contributed by atoms with Gasteiger partial charge in [-0.1, -0.05) is 24.3 Å². The molecule has 0 atom stereocenters. The van der Waals surface area contributed by atoms with Crippen LogP contribution >= 0.6 is 0 Å². The molecular formula is C26H26N4O3. The summed E-state index contributed by atoms with van der Waals surface area (Å²) in [4.78, 5) is 49.9. The van der Waals surface area contributed by atoms with Crippen molar-refractivity contribution in [2.45, 2.75) is 39.5 Å². The van der Waals surface area contributed by atoms with Crippen molar-refractivity contribution in [1.82, 2.24) is 15.3 Å². The molecule has 0 bridgehead atoms. The van der Waals surface area contributed by atoms with E-state index in [-0.39, 0.29) is 12.8 Å². The molecule has 33 heavy (non-hydrogen) atoms. The van der Waals surface area contributed by atoms with Gasteiger partial charge in [0, 0.05) is 23.8 Å². The maximum atomic E-state index is 14.0. The van der Waals surface area contributed by atoms with E-state index in [1.807, 2.05) is 56.3 Å². The maximum absolute atomic E-state index is 14.0. The Kier molecular flexibility index (Phi) is 6.31. The number of benzene rings is 1. The minimum atomic E-state index is -1.42. The molecule has 1 fully saturated rings. The summed E-state index contributed by atoms with van der Waals surface area (Å²) in [5.74, 6) is -1.07. The average Bonchev–Trinajstić information content (AvgIpc) is 2.83. The molecule has 2 aromatic heterocycles. The molecule has 7 heteroatoms. The molecule has 7 nitrogen and oxygen atoms in total. The summed E-state index contributed by atoms with van der Waals surface area (Å²) in [6, 6.07) is 15.9. The summed E-state index contributed by atoms with van der Waals surface area (Å²) in [6.45, 7) is 3.79. The van der Waals surface area contributed by atoms with E-state index in [0.29, 0.717) is 18.5 Å². The van der Waals surface area contributed by atoms with E-state index in [0.717, 1.165) is 27.4 Å². The summed E-state index contributed by atoms with van der Waals surface area (Å²) in [6.07, 6.45) is 4.69. The van der Waals surface area contributed by atoms with Crippen molar-refractivity contribution in [3.05, 3.63) is 89.5 Å². The van der Waals surface area contributed by atoms with Crippen LogP contribution in [-0.2, 0) is 22.4 Å². The van der Waals surface area contributed by atoms with Gasteiger partial charge in [-0.25, -0.2) is 9.69 Å². The van der Waals surface area contributed by atoms with Crippen LogP contribution in [-0.4, -0.2) is 27.8 Å². The maximum Gasteiger partial charge on any atom is 0.335 e. The number of anilines is 1. The zero-order valence-electron chi connectivity index (χ0n) is 18.7. The molecule has 168 valence electrons. The van der Waals surface area contributed by atoms with Crippen LogP contribution in [0.2, 0.25) is 0 Å². The van der Waals surface area contributed by atoms with Crippen LogP contribution in [0.1, 0.15) is 35.4 Å². The molecule has 0 unspecified atom stereocenters. The fourth-order valence-electron chi connectivity index (χ4n) is 4.21. The lowest BCUT2D eigenvalue weighted by atomic mass is 9.74. The summed E-state index contributed by atoms with van der Waals surface area (Å²) < 4.78 is 0. The molecule has 0 saturated carbocycles. The molecule has 0 spiro atoms. The van der Waals surface area contributed by atoms with Crippen LogP contribution < -0.4 is 10.2 Å². The van der Waals surface area contributed by atoms with Gasteiger partial charge in [0.2, 0.25) is 5.91 Å². The van der Waals surface area contributed by atoms with Gasteiger partial charge in [0.05, 0.1) is 5.69 Å². The second-order valence-corrected chi connectivity index (χ2v) is 8.34. The van der Waals surface area contributed by atoms with Crippen molar-refractivity contribution < 1.29 is 14.4 Å². The van der Waals surface area contributed by atoms with Crippen LogP contribution in [0.4, 0.5) is 10.5 Å². The van der Waals surface area contributed by atoms with Gasteiger partial charge in [-0.2, -0.15) is 0 Å². The second kappa shape index (κ2) is 9.32. The lowest BCUT2D eigenvalue weighted by Crippen LogP contribution is -2.64. The van der Waals surface area contributed by atoms with Crippen molar-refractivity contribution in [2.24, 2.45) is 5.41 Å². The smallest absolute Gasteiger partial charge is 0.276 e. The van der Waals surface area contributed by atoms with E-state index < -0.39 is 23.3 Å². The molecule has 1 N–H and O–H groups in total. The number of imide groups is 2. The number of nitrogens with one attached hydrogen (secondary N) is 1. The molecule has 1 saturated heterocycles. The first-order chi connectivity index (χ1) is 15.9. The number of nitrogens with zero attached hydrogens (tertiary/aromatic N) is 3. The number of carbonyl (C=O) groups is 3. The van der Waals surface area contributed by atoms with Crippen molar-refractivity contribution >= 4 is 23.5 Å². The van der Waals surface area contributed by atoms with Crippen LogP contribution in [0.5, 0.6) is 0 Å². The van der Waals surface area contributed by atoms with Gasteiger partial charge in [0.1, 0.15) is 5.41 Å². The molecule has 3 heterocycles. The first-order valence-electron chi connectivity index (χ1n) is 11.0. The molecule has 1 aliphatic rings. The second-order valence-electron chi connectivity index (χ2n) is 8.34. The van der Waals surface area contributed by atoms with Crippen molar-refractivity contribution in [3.63, 3.8) is 0 Å². The Bertz CT molecular complexity index is 1140. The Hall–Kier alpha value is -3.87. The number of amides is 4. The molecule has 0 aliphatic carbocycles. The number of hydrogen-bond acceptors (Lipinski definition) is 5. The number of hydrogen-bond donors (Lipinski definition) is 1. The highest BCUT2D eigenvalue weighted by molar-refractivity contribution is 6.30. The van der Waals surface area contributed by atoms with Gasteiger partial charge in [0.15, 0.2) is 0 Å². The fraction of sp³-hybridized carbons (Fsp3) is 0.269. The van der Waals surface area contributed by atoms with Crippen molar-refractivity contribution in [3.8, 4) is 0 Å². The molecule has 1 aromatic carbocycles. The zero-order chi connectivity index (χ0) is 23.4. The molecule has 1 aliphatic heterocycles. The van der Waals surface area contributed by atoms with Gasteiger partial charge in [-0.15, -0.1) is 0 Å². The SMILES string of the molecule is Cc1cccc(N2C(=O)NC(=O)C(CCc3ccccn3)(CCc3ccccn3)C2=O)c1C. The monoisotopic (exact) mass is 442 g/mol. The number of carbonyl (C=O) groups excluding carboxylic acids is 3. The number of rotatable bonds is 7. The van der Waals surface area contributed by atoms with Crippen molar-refractivity contribution in [1.29, 1.82) is 0 Å². The molecular weight excluding hydrogens is 416 g/mol. The predicted molar refractivity (Wildman–Crippen MR) is 124 cm³/mol. The fourth-order valence-corrected chi connectivity index (χ4v) is 4.21. The van der Waals surface area contributed by atoms with E-state index in [1.54, 1.807) is 24.5 Å². The number of barbiturate groups is 1. The van der Waals surface area contributed by atoms with Crippen LogP contribution in [0, 0.1) is 19.3 Å². The van der Waals surface area contributed by atoms with E-state index in [2.05, 4.69) is 15.3 Å². The largest absolute Gasteiger partial charge is 0.335 e. The third-order valence-electron chi connectivity index (χ3n) is 6.36. The van der Waals surface area contributed by atoms with E-state index >= 15 is 0 Å². The predicted octanol–water partition coefficient (Wildman–Crippen LogP) is 3.93. The number of aromatic nitrogens is 2. The number of pyridine rings is 2. The quantitative estimate of drug-likeness (QED) is 0.560. The van der Waals surface area contributed by atoms with Crippen LogP contribution in [0.25, 0.3) is 0 Å². The van der Waals surface area contributed by atoms with Crippen molar-refractivity contribution in [2.75, 3.05) is 4.90 Å². The van der Waals surface area contributed by atoms with E-state index in [1.165, 1.54) is 0 Å². The van der Waals surface area contributed by atoms with E-state index in [9.17, 15) is 14.4 Å². The van der Waals surface area contributed by atoms with E-state index in [4.69, 9.17) is 0 Å². The standard InChI is InChI=1S/C26H26N4O3/c1-18-8-7-11-22(19(18)2)30-24(32)26(23(31)29-25(30)33,14-12-20-9-3-5-16-27-20)15-13-21-10-4-6-17-28-21/h3-11,16-17H,12-15H2,1-2H3,(H,29,31,33). The highest BCUT2D eigenvalue weighted by atomic mass is 16.2. The Morgan fingerprint density at radius 3 is 1.97 bits per heavy atom. The third kappa shape index (κ3) is 4.39. The Morgan fingerprint density at radius 1 is 0.818 bits per heavy atom. The van der Waals surface area contributed by atoms with Gasteiger partial charge in [-0.05, 0) is 81.0 Å². The minimum absolute atomic E-state index is 0.232. The number of aryl methyl sites for hydroxylation is 3. The Balaban J connectivity index is 1.73. The third-order valence-corrected chi connectivity index (χ3v) is 6.36. The van der Waals surface area contributed by atoms with Gasteiger partial charge in [0.25, 0.3) is 5.91 Å².